The van der Waals surface area contributed by atoms with Gasteiger partial charge in [-0.25, -0.2) is 9.37 Å². The first-order valence-corrected chi connectivity index (χ1v) is 20.6. The average molecular weight is 856 g/mol. The first-order chi connectivity index (χ1) is 29.2. The number of carbonyl (C=O) groups is 2. The number of hydrogen-bond acceptors (Lipinski definition) is 8. The van der Waals surface area contributed by atoms with Crippen LogP contribution in [-0.4, -0.2) is 42.1 Å². The highest BCUT2D eigenvalue weighted by Gasteiger charge is 2.40. The number of hydrogen-bond donors (Lipinski definition) is 2. The third kappa shape index (κ3) is 11.5. The van der Waals surface area contributed by atoms with Gasteiger partial charge in [0.2, 0.25) is 5.91 Å². The molecule has 0 radical (unpaired) electrons. The van der Waals surface area contributed by atoms with E-state index in [9.17, 15) is 27.2 Å². The minimum absolute atomic E-state index is 0.0119. The fourth-order valence-electron chi connectivity index (χ4n) is 7.60. The summed E-state index contributed by atoms with van der Waals surface area (Å²) < 4.78 is 68.2. The van der Waals surface area contributed by atoms with E-state index in [4.69, 9.17) is 4.74 Å². The lowest BCUT2D eigenvalue weighted by Crippen LogP contribution is -2.44. The molecule has 1 saturated carbocycles. The van der Waals surface area contributed by atoms with E-state index in [-0.39, 0.29) is 23.6 Å². The number of alkyl halides is 3. The van der Waals surface area contributed by atoms with Crippen LogP contribution >= 0.6 is 11.9 Å². The van der Waals surface area contributed by atoms with Gasteiger partial charge in [0, 0.05) is 43.2 Å². The number of anilines is 2. The molecular formula is C47H49F4N5O4S. The number of halogens is 4. The summed E-state index contributed by atoms with van der Waals surface area (Å²) in [5.41, 5.74) is 4.80. The molecule has 2 N–H and O–H groups in total. The molecule has 0 spiro atoms. The van der Waals surface area contributed by atoms with E-state index in [1.807, 2.05) is 82.5 Å². The summed E-state index contributed by atoms with van der Waals surface area (Å²) in [6.07, 6.45) is -3.43. The van der Waals surface area contributed by atoms with Crippen LogP contribution in [0.1, 0.15) is 53.8 Å². The fourth-order valence-corrected chi connectivity index (χ4v) is 8.44. The Labute approximate surface area is 357 Å². The molecule has 5 aromatic carbocycles. The third-order valence-electron chi connectivity index (χ3n) is 11.2. The topological polar surface area (TPSA) is 97.7 Å². The zero-order valence-electron chi connectivity index (χ0n) is 34.6. The second-order valence-electron chi connectivity index (χ2n) is 15.1. The molecule has 0 aliphatic heterocycles. The standard InChI is InChI=1S/C39H41F4N5O2S.C8H8O2/c1-23-32(26-8-11-29(12-9-26)48(4)51-31-15-17-37-36(21-31)45-24(2)47(37)3)19-28(44-22-25-6-13-30(50-5)14-7-25)20-33(23)38(49)46-35-16-10-27(18-34(35)40)39(41,42)43;9-7-10-6-8-4-2-1-3-5-8/h6-18,21,23,28,32-33,44H,19-20,22H2,1-5H3,(H,46,49);1-5,7H,6H2/t23-,28?,32?,33?;/m1./s1. The first kappa shape index (κ1) is 44.7. The number of aromatic nitrogens is 2. The van der Waals surface area contributed by atoms with Gasteiger partial charge >= 0.3 is 6.18 Å². The maximum atomic E-state index is 14.8. The molecule has 1 aliphatic carbocycles. The quantitative estimate of drug-likeness (QED) is 0.0674. The van der Waals surface area contributed by atoms with Crippen LogP contribution in [0.3, 0.4) is 0 Å². The van der Waals surface area contributed by atoms with Gasteiger partial charge < -0.3 is 29.0 Å². The number of benzene rings is 5. The van der Waals surface area contributed by atoms with Gasteiger partial charge in [-0.3, -0.25) is 9.59 Å². The van der Waals surface area contributed by atoms with Gasteiger partial charge in [0.15, 0.2) is 0 Å². The molecule has 9 nitrogen and oxygen atoms in total. The second-order valence-corrected chi connectivity index (χ2v) is 16.3. The average Bonchev–Trinajstić information content (AvgIpc) is 3.54. The summed E-state index contributed by atoms with van der Waals surface area (Å²) >= 11 is 1.60. The van der Waals surface area contributed by atoms with Crippen LogP contribution in [0.25, 0.3) is 11.0 Å². The van der Waals surface area contributed by atoms with Crippen LogP contribution in [0.2, 0.25) is 0 Å². The number of rotatable bonds is 13. The highest BCUT2D eigenvalue weighted by Crippen LogP contribution is 2.43. The van der Waals surface area contributed by atoms with Crippen LogP contribution in [0, 0.1) is 24.6 Å². The zero-order chi connectivity index (χ0) is 43.7. The van der Waals surface area contributed by atoms with Crippen molar-refractivity contribution in [3.63, 3.8) is 0 Å². The molecule has 0 saturated heterocycles. The van der Waals surface area contributed by atoms with E-state index in [1.165, 1.54) is 0 Å². The van der Waals surface area contributed by atoms with E-state index >= 15 is 0 Å². The molecule has 1 aromatic heterocycles. The van der Waals surface area contributed by atoms with Crippen LogP contribution in [0.15, 0.2) is 120 Å². The highest BCUT2D eigenvalue weighted by atomic mass is 32.2. The zero-order valence-corrected chi connectivity index (χ0v) is 35.4. The first-order valence-electron chi connectivity index (χ1n) is 19.8. The molecule has 3 unspecified atom stereocenters. The fraction of sp³-hybridized carbons (Fsp3) is 0.298. The van der Waals surface area contributed by atoms with E-state index in [2.05, 4.69) is 71.7 Å². The summed E-state index contributed by atoms with van der Waals surface area (Å²) in [6.45, 7) is 5.39. The van der Waals surface area contributed by atoms with Crippen LogP contribution in [0.4, 0.5) is 28.9 Å². The summed E-state index contributed by atoms with van der Waals surface area (Å²) in [5.74, 6) is -0.501. The molecule has 1 aliphatic rings. The molecule has 1 heterocycles. The van der Waals surface area contributed by atoms with Gasteiger partial charge in [-0.2, -0.15) is 13.2 Å². The van der Waals surface area contributed by atoms with Crippen molar-refractivity contribution in [2.75, 3.05) is 23.8 Å². The number of ether oxygens (including phenoxy) is 2. The smallest absolute Gasteiger partial charge is 0.416 e. The summed E-state index contributed by atoms with van der Waals surface area (Å²) in [4.78, 5) is 29.2. The van der Waals surface area contributed by atoms with Gasteiger partial charge in [0.1, 0.15) is 24.0 Å². The third-order valence-corrected chi connectivity index (χ3v) is 12.1. The number of nitrogens with zero attached hydrogens (tertiary/aromatic N) is 3. The second kappa shape index (κ2) is 20.1. The molecule has 14 heteroatoms. The number of nitrogens with one attached hydrogen (secondary N) is 2. The molecule has 0 bridgehead atoms. The van der Waals surface area contributed by atoms with Crippen molar-refractivity contribution in [2.45, 2.75) is 62.9 Å². The Morgan fingerprint density at radius 1 is 0.951 bits per heavy atom. The Morgan fingerprint density at radius 3 is 2.33 bits per heavy atom. The Bertz CT molecular complexity index is 2390. The number of carbonyl (C=O) groups excluding carboxylic acids is 2. The van der Waals surface area contributed by atoms with E-state index in [0.29, 0.717) is 32.1 Å². The summed E-state index contributed by atoms with van der Waals surface area (Å²) in [5, 5.41) is 6.21. The monoisotopic (exact) mass is 855 g/mol. The summed E-state index contributed by atoms with van der Waals surface area (Å²) in [6, 6.07) is 34.0. The number of imidazole rings is 1. The Hall–Kier alpha value is -5.86. The van der Waals surface area contributed by atoms with Gasteiger partial charge in [0.05, 0.1) is 29.4 Å². The minimum Gasteiger partial charge on any atom is -0.497 e. The van der Waals surface area contributed by atoms with Crippen molar-refractivity contribution >= 4 is 46.7 Å². The van der Waals surface area contributed by atoms with Crippen LogP contribution in [0.5, 0.6) is 5.75 Å². The molecule has 1 fully saturated rings. The van der Waals surface area contributed by atoms with Gasteiger partial charge in [-0.15, -0.1) is 0 Å². The maximum absolute atomic E-state index is 14.8. The number of amides is 1. The Kier molecular flexibility index (Phi) is 14.7. The lowest BCUT2D eigenvalue weighted by atomic mass is 9.68. The largest absolute Gasteiger partial charge is 0.497 e. The van der Waals surface area contributed by atoms with Crippen molar-refractivity contribution < 1.29 is 36.6 Å². The van der Waals surface area contributed by atoms with Crippen molar-refractivity contribution in [3.8, 4) is 5.75 Å². The molecule has 7 rings (SSSR count). The highest BCUT2D eigenvalue weighted by molar-refractivity contribution is 8.00. The molecule has 6 aromatic rings. The van der Waals surface area contributed by atoms with Crippen molar-refractivity contribution in [3.05, 3.63) is 149 Å². The van der Waals surface area contributed by atoms with Crippen molar-refractivity contribution in [1.82, 2.24) is 14.9 Å². The van der Waals surface area contributed by atoms with Crippen molar-refractivity contribution in [2.24, 2.45) is 18.9 Å². The maximum Gasteiger partial charge on any atom is 0.416 e. The number of aryl methyl sites for hydroxylation is 2. The summed E-state index contributed by atoms with van der Waals surface area (Å²) in [7, 11) is 5.63. The molecule has 1 amide bonds. The lowest BCUT2D eigenvalue weighted by Gasteiger charge is -2.40. The predicted molar refractivity (Wildman–Crippen MR) is 232 cm³/mol. The van der Waals surface area contributed by atoms with Gasteiger partial charge in [0.25, 0.3) is 6.47 Å². The predicted octanol–water partition coefficient (Wildman–Crippen LogP) is 10.5. The van der Waals surface area contributed by atoms with E-state index in [1.54, 1.807) is 19.1 Å². The number of methoxy groups -OCH3 is 1. The minimum atomic E-state index is -4.69. The SMILES string of the molecule is COc1ccc(CNC2CC(C(=O)Nc3ccc(C(F)(F)F)cc3F)[C@H](C)C(c3ccc(N(C)Sc4ccc5c(c4)nc(C)n5C)cc3)C2)cc1.O=COCc1ccccc1. The van der Waals surface area contributed by atoms with E-state index in [0.717, 1.165) is 68.4 Å². The van der Waals surface area contributed by atoms with E-state index < -0.39 is 29.4 Å². The van der Waals surface area contributed by atoms with Gasteiger partial charge in [-0.05, 0) is 121 Å². The Morgan fingerprint density at radius 2 is 1.67 bits per heavy atom. The van der Waals surface area contributed by atoms with Gasteiger partial charge in [-0.1, -0.05) is 61.5 Å². The lowest BCUT2D eigenvalue weighted by molar-refractivity contribution is -0.137. The Balaban J connectivity index is 0.000000546. The van der Waals surface area contributed by atoms with Crippen molar-refractivity contribution in [1.29, 1.82) is 0 Å². The van der Waals surface area contributed by atoms with Crippen LogP contribution in [-0.2, 0) is 40.7 Å². The van der Waals surface area contributed by atoms with Crippen LogP contribution < -0.4 is 19.7 Å². The molecule has 320 valence electrons. The molecular weight excluding hydrogens is 807 g/mol. The molecule has 61 heavy (non-hydrogen) atoms. The molecule has 4 atom stereocenters. The normalized spacial score (nSPS) is 17.5. The number of fused-ring (bicyclic) bond motifs is 1.